The molecule has 0 aromatic heterocycles. The van der Waals surface area contributed by atoms with Crippen molar-refractivity contribution in [2.75, 3.05) is 0 Å². The van der Waals surface area contributed by atoms with E-state index in [1.807, 2.05) is 0 Å². The molecule has 0 unspecified atom stereocenters. The van der Waals surface area contributed by atoms with Crippen molar-refractivity contribution in [1.82, 2.24) is 0 Å². The van der Waals surface area contributed by atoms with Crippen molar-refractivity contribution in [2.45, 2.75) is 19.4 Å². The van der Waals surface area contributed by atoms with E-state index in [0.717, 1.165) is 11.1 Å². The molecule has 122 valence electrons. The smallest absolute Gasteiger partial charge is 0.365 e. The summed E-state index contributed by atoms with van der Waals surface area (Å²) in [6, 6.07) is 13.5. The van der Waals surface area contributed by atoms with Crippen molar-refractivity contribution in [3.8, 4) is 11.8 Å². The lowest BCUT2D eigenvalue weighted by Crippen LogP contribution is -2.14. The van der Waals surface area contributed by atoms with Gasteiger partial charge in [0.25, 0.3) is 0 Å². The number of carbonyl (C=O) groups is 1. The Balaban J connectivity index is 1.95. The third-order valence-corrected chi connectivity index (χ3v) is 3.09. The van der Waals surface area contributed by atoms with E-state index < -0.39 is 11.6 Å². The first-order valence-electron chi connectivity index (χ1n) is 7.19. The van der Waals surface area contributed by atoms with Crippen LogP contribution in [0.25, 0.3) is 0 Å². The molecule has 5 heteroatoms. The van der Waals surface area contributed by atoms with Crippen LogP contribution in [-0.4, -0.2) is 22.9 Å². The van der Waals surface area contributed by atoms with E-state index >= 15 is 0 Å². The second kappa shape index (κ2) is 7.78. The topological polar surface area (TPSA) is 58.9 Å². The molecule has 0 saturated carbocycles. The molecule has 0 saturated heterocycles. The molecule has 0 radical (unpaired) electrons. The van der Waals surface area contributed by atoms with Gasteiger partial charge < -0.3 is 9.94 Å². The molecule has 0 aliphatic heterocycles. The molecule has 0 aliphatic rings. The molecule has 2 aromatic carbocycles. The van der Waals surface area contributed by atoms with Gasteiger partial charge in [-0.3, -0.25) is 0 Å². The molecule has 0 bridgehead atoms. The molecule has 0 spiro atoms. The number of nitrogens with zero attached hydrogens (tertiary/aromatic N) is 1. The van der Waals surface area contributed by atoms with Crippen LogP contribution in [0.2, 0.25) is 5.02 Å². The van der Waals surface area contributed by atoms with Crippen LogP contribution in [0.3, 0.4) is 0 Å². The van der Waals surface area contributed by atoms with E-state index in [2.05, 4.69) is 17.0 Å². The van der Waals surface area contributed by atoms with Crippen LogP contribution in [0.1, 0.15) is 35.3 Å². The van der Waals surface area contributed by atoms with Gasteiger partial charge in [-0.15, -0.1) is 0 Å². The van der Waals surface area contributed by atoms with Gasteiger partial charge in [-0.1, -0.05) is 40.7 Å². The SMILES string of the molecule is CC(C)(O)C#Cc1ccc(/C=N/OC(=O)c2ccc(Cl)cc2)cc1. The highest BCUT2D eigenvalue weighted by Gasteiger charge is 2.06. The Hall–Kier alpha value is -2.61. The van der Waals surface area contributed by atoms with Crippen LogP contribution in [0.15, 0.2) is 53.7 Å². The Morgan fingerprint density at radius 3 is 2.38 bits per heavy atom. The Bertz CT molecular complexity index is 792. The summed E-state index contributed by atoms with van der Waals surface area (Å²) in [5, 5.41) is 13.8. The summed E-state index contributed by atoms with van der Waals surface area (Å²) in [6.07, 6.45) is 1.43. The average molecular weight is 342 g/mol. The van der Waals surface area contributed by atoms with Gasteiger partial charge in [0, 0.05) is 10.6 Å². The number of benzene rings is 2. The highest BCUT2D eigenvalue weighted by molar-refractivity contribution is 6.30. The van der Waals surface area contributed by atoms with Crippen LogP contribution in [0.4, 0.5) is 0 Å². The predicted molar refractivity (Wildman–Crippen MR) is 94.1 cm³/mol. The predicted octanol–water partition coefficient (Wildman–Crippen LogP) is 3.65. The van der Waals surface area contributed by atoms with Gasteiger partial charge in [0.1, 0.15) is 5.60 Å². The monoisotopic (exact) mass is 341 g/mol. The molecule has 2 rings (SSSR count). The van der Waals surface area contributed by atoms with E-state index in [4.69, 9.17) is 16.4 Å². The van der Waals surface area contributed by atoms with Gasteiger partial charge >= 0.3 is 5.97 Å². The van der Waals surface area contributed by atoms with Crippen LogP contribution in [0, 0.1) is 11.8 Å². The van der Waals surface area contributed by atoms with E-state index in [1.54, 1.807) is 62.4 Å². The lowest BCUT2D eigenvalue weighted by atomic mass is 10.1. The standard InChI is InChI=1S/C19H16ClNO3/c1-19(2,23)12-11-14-3-5-15(6-4-14)13-21-24-18(22)16-7-9-17(20)10-8-16/h3-10,13,23H,1-2H3/b21-13+. The Labute approximate surface area is 145 Å². The van der Waals surface area contributed by atoms with Crippen LogP contribution < -0.4 is 0 Å². The summed E-state index contributed by atoms with van der Waals surface area (Å²) in [5.74, 6) is 5.04. The maximum Gasteiger partial charge on any atom is 0.365 e. The van der Waals surface area contributed by atoms with Crippen LogP contribution in [0.5, 0.6) is 0 Å². The minimum Gasteiger partial charge on any atom is -0.378 e. The summed E-state index contributed by atoms with van der Waals surface area (Å²) >= 11 is 5.76. The summed E-state index contributed by atoms with van der Waals surface area (Å²) in [6.45, 7) is 3.24. The van der Waals surface area contributed by atoms with Gasteiger partial charge in [-0.05, 0) is 55.8 Å². The number of oxime groups is 1. The van der Waals surface area contributed by atoms with Gasteiger partial charge in [-0.2, -0.15) is 0 Å². The molecule has 4 nitrogen and oxygen atoms in total. The van der Waals surface area contributed by atoms with Crippen molar-refractivity contribution < 1.29 is 14.7 Å². The zero-order valence-corrected chi connectivity index (χ0v) is 14.0. The van der Waals surface area contributed by atoms with Crippen molar-refractivity contribution in [3.05, 3.63) is 70.2 Å². The zero-order chi connectivity index (χ0) is 17.6. The Morgan fingerprint density at radius 2 is 1.79 bits per heavy atom. The molecule has 0 heterocycles. The molecule has 1 N–H and O–H groups in total. The lowest BCUT2D eigenvalue weighted by Gasteiger charge is -2.05. The maximum absolute atomic E-state index is 11.8. The Kier molecular flexibility index (Phi) is 5.75. The third kappa shape index (κ3) is 5.88. The van der Waals surface area contributed by atoms with Crippen LogP contribution >= 0.6 is 11.6 Å². The van der Waals surface area contributed by atoms with E-state index in [9.17, 15) is 9.90 Å². The van der Waals surface area contributed by atoms with Gasteiger partial charge in [-0.25, -0.2) is 4.79 Å². The Morgan fingerprint density at radius 1 is 1.17 bits per heavy atom. The number of hydrogen-bond acceptors (Lipinski definition) is 4. The highest BCUT2D eigenvalue weighted by atomic mass is 35.5. The number of aliphatic hydroxyl groups is 1. The average Bonchev–Trinajstić information content (AvgIpc) is 2.54. The third-order valence-electron chi connectivity index (χ3n) is 2.84. The molecular formula is C19H16ClNO3. The van der Waals surface area contributed by atoms with Gasteiger partial charge in [0.15, 0.2) is 0 Å². The maximum atomic E-state index is 11.8. The quantitative estimate of drug-likeness (QED) is 0.401. The first-order valence-corrected chi connectivity index (χ1v) is 7.57. The fourth-order valence-corrected chi connectivity index (χ4v) is 1.78. The summed E-state index contributed by atoms with van der Waals surface area (Å²) in [7, 11) is 0. The first kappa shape index (κ1) is 17.7. The summed E-state index contributed by atoms with van der Waals surface area (Å²) in [5.41, 5.74) is 0.865. The molecular weight excluding hydrogens is 326 g/mol. The normalized spacial score (nSPS) is 11.0. The van der Waals surface area contributed by atoms with Crippen molar-refractivity contribution in [3.63, 3.8) is 0 Å². The fourth-order valence-electron chi connectivity index (χ4n) is 1.65. The van der Waals surface area contributed by atoms with Crippen molar-refractivity contribution in [1.29, 1.82) is 0 Å². The number of halogens is 1. The first-order chi connectivity index (χ1) is 11.3. The molecule has 0 fully saturated rings. The minimum absolute atomic E-state index is 0.369. The van der Waals surface area contributed by atoms with E-state index in [1.165, 1.54) is 6.21 Å². The number of carbonyl (C=O) groups excluding carboxylic acids is 1. The van der Waals surface area contributed by atoms with Gasteiger partial charge in [0.05, 0.1) is 11.8 Å². The van der Waals surface area contributed by atoms with Crippen LogP contribution in [-0.2, 0) is 4.84 Å². The minimum atomic E-state index is -1.03. The lowest BCUT2D eigenvalue weighted by molar-refractivity contribution is 0.0519. The van der Waals surface area contributed by atoms with Gasteiger partial charge in [0.2, 0.25) is 0 Å². The number of hydrogen-bond donors (Lipinski definition) is 1. The molecule has 24 heavy (non-hydrogen) atoms. The van der Waals surface area contributed by atoms with Crippen molar-refractivity contribution >= 4 is 23.8 Å². The molecule has 2 aromatic rings. The second-order valence-electron chi connectivity index (χ2n) is 5.55. The van der Waals surface area contributed by atoms with E-state index in [0.29, 0.717) is 10.6 Å². The van der Waals surface area contributed by atoms with Crippen molar-refractivity contribution in [2.24, 2.45) is 5.16 Å². The van der Waals surface area contributed by atoms with E-state index in [-0.39, 0.29) is 0 Å². The molecule has 0 aliphatic carbocycles. The summed E-state index contributed by atoms with van der Waals surface area (Å²) in [4.78, 5) is 16.6. The molecule has 0 amide bonds. The molecule has 0 atom stereocenters. The highest BCUT2D eigenvalue weighted by Crippen LogP contribution is 2.10. The largest absolute Gasteiger partial charge is 0.378 e. The summed E-state index contributed by atoms with van der Waals surface area (Å²) < 4.78 is 0. The number of rotatable bonds is 3. The second-order valence-corrected chi connectivity index (χ2v) is 5.99. The zero-order valence-electron chi connectivity index (χ0n) is 13.3. The fraction of sp³-hybridized carbons (Fsp3) is 0.158.